The van der Waals surface area contributed by atoms with Crippen molar-refractivity contribution < 1.29 is 18.0 Å². The summed E-state index contributed by atoms with van der Waals surface area (Å²) in [6.45, 7) is 2.95. The number of hydrogen-bond acceptors (Lipinski definition) is 2. The quantitative estimate of drug-likeness (QED) is 0.368. The second-order valence-corrected chi connectivity index (χ2v) is 8.97. The maximum Gasteiger partial charge on any atom is 0.416 e. The zero-order valence-electron chi connectivity index (χ0n) is 16.8. The number of hydrogen-bond donors (Lipinski definition) is 0. The summed E-state index contributed by atoms with van der Waals surface area (Å²) in [5.74, 6) is 0.208. The minimum atomic E-state index is -4.40. The summed E-state index contributed by atoms with van der Waals surface area (Å²) >= 11 is 2.08. The fourth-order valence-corrected chi connectivity index (χ4v) is 4.83. The summed E-state index contributed by atoms with van der Waals surface area (Å²) in [7, 11) is 0. The van der Waals surface area contributed by atoms with E-state index in [-0.39, 0.29) is 11.8 Å². The summed E-state index contributed by atoms with van der Waals surface area (Å²) < 4.78 is 40.4. The van der Waals surface area contributed by atoms with Crippen molar-refractivity contribution in [3.63, 3.8) is 0 Å². The van der Waals surface area contributed by atoms with E-state index in [1.165, 1.54) is 0 Å². The summed E-state index contributed by atoms with van der Waals surface area (Å²) in [5, 5.41) is 0. The first-order chi connectivity index (χ1) is 14.7. The van der Waals surface area contributed by atoms with Crippen molar-refractivity contribution >= 4 is 28.5 Å². The van der Waals surface area contributed by atoms with Crippen LogP contribution in [0.15, 0.2) is 60.9 Å². The lowest BCUT2D eigenvalue weighted by Gasteiger charge is -2.18. The SMILES string of the molecule is Cc1cc(-c2ccc(C(=O)N3CCC(c4cccnc4)C3)cc2I)cc(C(F)(F)F)c1. The van der Waals surface area contributed by atoms with Gasteiger partial charge in [0.25, 0.3) is 5.91 Å². The number of aromatic nitrogens is 1. The number of alkyl halides is 3. The third kappa shape index (κ3) is 4.76. The third-order valence-corrected chi connectivity index (χ3v) is 6.46. The number of halogens is 4. The Labute approximate surface area is 192 Å². The molecule has 1 saturated heterocycles. The lowest BCUT2D eigenvalue weighted by molar-refractivity contribution is -0.137. The molecule has 0 radical (unpaired) electrons. The fourth-order valence-electron chi connectivity index (χ4n) is 4.00. The Bertz CT molecular complexity index is 1120. The second-order valence-electron chi connectivity index (χ2n) is 7.80. The van der Waals surface area contributed by atoms with Crippen molar-refractivity contribution in [2.45, 2.75) is 25.4 Å². The first kappa shape index (κ1) is 21.8. The van der Waals surface area contributed by atoms with Gasteiger partial charge in [0.15, 0.2) is 0 Å². The molecule has 1 aromatic heterocycles. The van der Waals surface area contributed by atoms with Crippen LogP contribution in [0.3, 0.4) is 0 Å². The van der Waals surface area contributed by atoms with Crippen LogP contribution in [-0.2, 0) is 6.18 Å². The molecular weight excluding hydrogens is 516 g/mol. The Morgan fingerprint density at radius 3 is 2.65 bits per heavy atom. The molecule has 0 bridgehead atoms. The van der Waals surface area contributed by atoms with E-state index in [9.17, 15) is 18.0 Å². The number of benzene rings is 2. The Hall–Kier alpha value is -2.42. The molecular formula is C24H20F3IN2O. The number of aryl methyl sites for hydroxylation is 1. The van der Waals surface area contributed by atoms with Crippen molar-refractivity contribution in [3.8, 4) is 11.1 Å². The van der Waals surface area contributed by atoms with Crippen molar-refractivity contribution in [1.82, 2.24) is 9.88 Å². The van der Waals surface area contributed by atoms with Gasteiger partial charge in [-0.05, 0) is 88.5 Å². The molecule has 4 rings (SSSR count). The van der Waals surface area contributed by atoms with Crippen molar-refractivity contribution in [2.75, 3.05) is 13.1 Å². The maximum absolute atomic E-state index is 13.2. The Morgan fingerprint density at radius 1 is 1.16 bits per heavy atom. The monoisotopic (exact) mass is 536 g/mol. The summed E-state index contributed by atoms with van der Waals surface area (Å²) in [4.78, 5) is 19.0. The van der Waals surface area contributed by atoms with E-state index in [0.717, 1.165) is 27.7 Å². The van der Waals surface area contributed by atoms with E-state index in [2.05, 4.69) is 27.6 Å². The van der Waals surface area contributed by atoms with E-state index >= 15 is 0 Å². The molecule has 0 N–H and O–H groups in total. The molecule has 1 aliphatic rings. The van der Waals surface area contributed by atoms with Gasteiger partial charge >= 0.3 is 6.18 Å². The Balaban J connectivity index is 1.56. The molecule has 1 amide bonds. The summed E-state index contributed by atoms with van der Waals surface area (Å²) in [6.07, 6.45) is 0.0585. The zero-order valence-corrected chi connectivity index (χ0v) is 18.9. The lowest BCUT2D eigenvalue weighted by atomic mass is 9.99. The standard InChI is InChI=1S/C24H20F3IN2O/c1-15-9-19(11-20(10-15)24(25,26)27)21-5-4-16(12-22(21)28)23(31)30-8-6-18(14-30)17-3-2-7-29-13-17/h2-5,7,9-13,18H,6,8,14H2,1H3. The van der Waals surface area contributed by atoms with E-state index in [1.54, 1.807) is 37.4 Å². The molecule has 2 heterocycles. The number of carbonyl (C=O) groups excluding carboxylic acids is 1. The summed E-state index contributed by atoms with van der Waals surface area (Å²) in [6, 6.07) is 13.1. The highest BCUT2D eigenvalue weighted by Gasteiger charge is 2.31. The zero-order chi connectivity index (χ0) is 22.2. The van der Waals surface area contributed by atoms with Crippen molar-refractivity contribution in [1.29, 1.82) is 0 Å². The highest BCUT2D eigenvalue weighted by Crippen LogP contribution is 2.35. The van der Waals surface area contributed by atoms with Crippen LogP contribution in [0.2, 0.25) is 0 Å². The molecule has 1 aliphatic heterocycles. The molecule has 1 atom stereocenters. The highest BCUT2D eigenvalue weighted by molar-refractivity contribution is 14.1. The normalized spacial score (nSPS) is 16.5. The van der Waals surface area contributed by atoms with Gasteiger partial charge in [-0.15, -0.1) is 0 Å². The van der Waals surface area contributed by atoms with E-state index in [0.29, 0.717) is 35.3 Å². The van der Waals surface area contributed by atoms with Gasteiger partial charge < -0.3 is 4.90 Å². The third-order valence-electron chi connectivity index (χ3n) is 5.56. The predicted octanol–water partition coefficient (Wildman–Crippen LogP) is 6.31. The van der Waals surface area contributed by atoms with Gasteiger partial charge in [0.2, 0.25) is 0 Å². The number of amides is 1. The van der Waals surface area contributed by atoms with Gasteiger partial charge in [-0.3, -0.25) is 9.78 Å². The molecule has 3 aromatic rings. The largest absolute Gasteiger partial charge is 0.416 e. The van der Waals surface area contributed by atoms with Gasteiger partial charge in [0.1, 0.15) is 0 Å². The minimum absolute atomic E-state index is 0.0592. The van der Waals surface area contributed by atoms with Gasteiger partial charge in [-0.25, -0.2) is 0 Å². The van der Waals surface area contributed by atoms with Crippen LogP contribution in [-0.4, -0.2) is 28.9 Å². The van der Waals surface area contributed by atoms with E-state index in [4.69, 9.17) is 0 Å². The van der Waals surface area contributed by atoms with Crippen LogP contribution in [0.1, 0.15) is 39.4 Å². The van der Waals surface area contributed by atoms with Crippen molar-refractivity contribution in [2.24, 2.45) is 0 Å². The Kier molecular flexibility index (Phi) is 6.05. The van der Waals surface area contributed by atoms with Gasteiger partial charge in [-0.2, -0.15) is 13.2 Å². The molecule has 2 aromatic carbocycles. The predicted molar refractivity (Wildman–Crippen MR) is 122 cm³/mol. The van der Waals surface area contributed by atoms with Crippen LogP contribution < -0.4 is 0 Å². The average molecular weight is 536 g/mol. The molecule has 0 saturated carbocycles. The van der Waals surface area contributed by atoms with E-state index < -0.39 is 11.7 Å². The van der Waals surface area contributed by atoms with Gasteiger partial charge in [-0.1, -0.05) is 18.2 Å². The number of rotatable bonds is 3. The van der Waals surface area contributed by atoms with Crippen LogP contribution in [0.5, 0.6) is 0 Å². The van der Waals surface area contributed by atoms with E-state index in [1.807, 2.05) is 23.2 Å². The number of pyridine rings is 1. The molecule has 1 unspecified atom stereocenters. The molecule has 0 aliphatic carbocycles. The topological polar surface area (TPSA) is 33.2 Å². The average Bonchev–Trinajstić information content (AvgIpc) is 3.23. The number of nitrogens with zero attached hydrogens (tertiary/aromatic N) is 2. The first-order valence-electron chi connectivity index (χ1n) is 9.90. The first-order valence-corrected chi connectivity index (χ1v) is 11.0. The van der Waals surface area contributed by atoms with Crippen LogP contribution >= 0.6 is 22.6 Å². The van der Waals surface area contributed by atoms with Gasteiger partial charge in [0, 0.05) is 40.5 Å². The number of likely N-dealkylation sites (tertiary alicyclic amines) is 1. The maximum atomic E-state index is 13.2. The minimum Gasteiger partial charge on any atom is -0.338 e. The second kappa shape index (κ2) is 8.61. The summed E-state index contributed by atoms with van der Waals surface area (Å²) in [5.41, 5.74) is 2.72. The van der Waals surface area contributed by atoms with Gasteiger partial charge in [0.05, 0.1) is 5.56 Å². The molecule has 0 spiro atoms. The lowest BCUT2D eigenvalue weighted by Crippen LogP contribution is -2.28. The smallest absolute Gasteiger partial charge is 0.338 e. The van der Waals surface area contributed by atoms with Crippen LogP contribution in [0.4, 0.5) is 13.2 Å². The molecule has 7 heteroatoms. The fraction of sp³-hybridized carbons (Fsp3) is 0.250. The molecule has 3 nitrogen and oxygen atoms in total. The van der Waals surface area contributed by atoms with Crippen LogP contribution in [0, 0.1) is 10.5 Å². The molecule has 160 valence electrons. The van der Waals surface area contributed by atoms with Crippen LogP contribution in [0.25, 0.3) is 11.1 Å². The molecule has 31 heavy (non-hydrogen) atoms. The Morgan fingerprint density at radius 2 is 1.97 bits per heavy atom. The highest BCUT2D eigenvalue weighted by atomic mass is 127. The number of carbonyl (C=O) groups is 1. The van der Waals surface area contributed by atoms with Crippen molar-refractivity contribution in [3.05, 3.63) is 86.7 Å². The molecule has 1 fully saturated rings.